The number of ether oxygens (including phenoxy) is 3. The Hall–Kier alpha value is -1.93. The monoisotopic (exact) mass is 720 g/mol. The van der Waals surface area contributed by atoms with Crippen LogP contribution in [0.15, 0.2) is 12.2 Å². The molecule has 13 nitrogen and oxygen atoms in total. The normalized spacial score (nSPS) is 24.6. The summed E-state index contributed by atoms with van der Waals surface area (Å²) >= 11 is 3.51. The van der Waals surface area contributed by atoms with Crippen molar-refractivity contribution >= 4 is 35.7 Å². The summed E-state index contributed by atoms with van der Waals surface area (Å²) in [5.74, 6) is -1.64. The number of hydrogen-bond donors (Lipinski definition) is 4. The van der Waals surface area contributed by atoms with Crippen LogP contribution in [-0.4, -0.2) is 76.0 Å². The Morgan fingerprint density at radius 1 is 1.09 bits per heavy atom. The highest BCUT2D eigenvalue weighted by molar-refractivity contribution is 9.09. The van der Waals surface area contributed by atoms with Crippen molar-refractivity contribution in [1.29, 1.82) is 0 Å². The standard InChI is InChI=1S/C30H46BrN2O11P/c1-17(31)13-18(27(36)40-11-12-42-45(38,39)43-16-19-14-20(19)32-6)15-29(2,3)30(4,5)28(37)41-10-9-33-25(34)23-21-7-8-22(44-21)24(23)26(33)35/h7-8,17-22,32,34-35H,9-16H2,1-6H3,(H,38,39). The summed E-state index contributed by atoms with van der Waals surface area (Å²) in [6.45, 7) is 8.69. The van der Waals surface area contributed by atoms with E-state index < -0.39 is 48.7 Å². The number of carbonyl (C=O) groups is 2. The first-order chi connectivity index (χ1) is 21.0. The van der Waals surface area contributed by atoms with Crippen molar-refractivity contribution in [3.63, 3.8) is 0 Å². The van der Waals surface area contributed by atoms with Crippen molar-refractivity contribution in [2.24, 2.45) is 22.7 Å². The molecule has 0 saturated heterocycles. The van der Waals surface area contributed by atoms with Crippen LogP contribution in [0.1, 0.15) is 77.2 Å². The molecule has 45 heavy (non-hydrogen) atoms. The van der Waals surface area contributed by atoms with E-state index in [0.717, 1.165) is 6.42 Å². The summed E-state index contributed by atoms with van der Waals surface area (Å²) in [4.78, 5) is 36.4. The molecule has 0 amide bonds. The highest BCUT2D eigenvalue weighted by Crippen LogP contribution is 2.54. The highest BCUT2D eigenvalue weighted by Gasteiger charge is 2.47. The number of aromatic hydroxyl groups is 2. The summed E-state index contributed by atoms with van der Waals surface area (Å²) < 4.78 is 40.2. The van der Waals surface area contributed by atoms with Crippen LogP contribution in [0.3, 0.4) is 0 Å². The second kappa shape index (κ2) is 14.0. The molecule has 4 rings (SSSR count). The minimum absolute atomic E-state index is 0.0218. The first kappa shape index (κ1) is 35.9. The van der Waals surface area contributed by atoms with E-state index in [2.05, 4.69) is 21.2 Å². The largest absolute Gasteiger partial charge is 0.494 e. The van der Waals surface area contributed by atoms with E-state index in [4.69, 9.17) is 23.3 Å². The molecule has 0 aromatic carbocycles. The summed E-state index contributed by atoms with van der Waals surface area (Å²) in [6.07, 6.45) is 4.44. The van der Waals surface area contributed by atoms with Crippen molar-refractivity contribution < 1.29 is 52.5 Å². The number of fused-ring (bicyclic) bond motifs is 5. The Bertz CT molecular complexity index is 1290. The molecule has 1 fully saturated rings. The maximum absolute atomic E-state index is 13.3. The molecule has 0 radical (unpaired) electrons. The third kappa shape index (κ3) is 8.14. The fraction of sp³-hybridized carbons (Fsp3) is 0.733. The predicted molar refractivity (Wildman–Crippen MR) is 167 cm³/mol. The van der Waals surface area contributed by atoms with Gasteiger partial charge < -0.3 is 34.6 Å². The molecule has 3 heterocycles. The van der Waals surface area contributed by atoms with Gasteiger partial charge in [0.05, 0.1) is 42.2 Å². The molecule has 1 aromatic rings. The number of phosphoric ester groups is 1. The van der Waals surface area contributed by atoms with Gasteiger partial charge in [0.25, 0.3) is 0 Å². The number of nitrogens with zero attached hydrogens (tertiary/aromatic N) is 1. The number of phosphoric acid groups is 1. The molecule has 7 atom stereocenters. The number of hydrogen-bond acceptors (Lipinski definition) is 11. The molecule has 0 spiro atoms. The van der Waals surface area contributed by atoms with Crippen molar-refractivity contribution in [2.45, 2.75) is 83.5 Å². The fourth-order valence-corrected chi connectivity index (χ4v) is 7.03. The fourth-order valence-electron chi connectivity index (χ4n) is 5.82. The predicted octanol–water partition coefficient (Wildman–Crippen LogP) is 4.64. The number of carbonyl (C=O) groups excluding carboxylic acids is 2. The minimum atomic E-state index is -4.27. The van der Waals surface area contributed by atoms with Gasteiger partial charge in [-0.25, -0.2) is 4.57 Å². The molecule has 1 saturated carbocycles. The minimum Gasteiger partial charge on any atom is -0.494 e. The van der Waals surface area contributed by atoms with E-state index in [1.807, 2.05) is 40.0 Å². The van der Waals surface area contributed by atoms with Crippen LogP contribution in [0.5, 0.6) is 11.8 Å². The zero-order chi connectivity index (χ0) is 33.3. The lowest BCUT2D eigenvalue weighted by Gasteiger charge is -2.41. The van der Waals surface area contributed by atoms with Gasteiger partial charge in [0.2, 0.25) is 11.8 Å². The summed E-state index contributed by atoms with van der Waals surface area (Å²) in [7, 11) is -2.45. The topological polar surface area (TPSA) is 175 Å². The van der Waals surface area contributed by atoms with Gasteiger partial charge in [0.1, 0.15) is 25.4 Å². The molecule has 15 heteroatoms. The molecule has 254 valence electrons. The van der Waals surface area contributed by atoms with Crippen LogP contribution < -0.4 is 5.32 Å². The summed E-state index contributed by atoms with van der Waals surface area (Å²) in [6, 6.07) is 0.272. The molecular weight excluding hydrogens is 675 g/mol. The van der Waals surface area contributed by atoms with Crippen LogP contribution in [0.25, 0.3) is 0 Å². The van der Waals surface area contributed by atoms with Gasteiger partial charge in [0, 0.05) is 10.9 Å². The van der Waals surface area contributed by atoms with E-state index in [9.17, 15) is 29.3 Å². The third-order valence-corrected chi connectivity index (χ3v) is 10.7. The molecule has 1 aliphatic carbocycles. The lowest BCUT2D eigenvalue weighted by atomic mass is 9.63. The van der Waals surface area contributed by atoms with E-state index in [1.165, 1.54) is 4.57 Å². The number of aromatic nitrogens is 1. The lowest BCUT2D eigenvalue weighted by Crippen LogP contribution is -2.43. The van der Waals surface area contributed by atoms with Crippen LogP contribution >= 0.6 is 23.8 Å². The highest BCUT2D eigenvalue weighted by atomic mass is 79.9. The molecular formula is C30H46BrN2O11P. The second-order valence-corrected chi connectivity index (χ2v) is 16.2. The number of nitrogens with one attached hydrogen (secondary N) is 1. The quantitative estimate of drug-likeness (QED) is 0.0545. The first-order valence-electron chi connectivity index (χ1n) is 15.2. The van der Waals surface area contributed by atoms with Crippen molar-refractivity contribution in [2.75, 3.05) is 33.5 Å². The summed E-state index contributed by atoms with van der Waals surface area (Å²) in [5.41, 5.74) is -0.685. The third-order valence-electron chi connectivity index (χ3n) is 9.38. The van der Waals surface area contributed by atoms with Gasteiger partial charge in [-0.3, -0.25) is 23.2 Å². The number of halogens is 1. The van der Waals surface area contributed by atoms with Crippen molar-refractivity contribution in [3.05, 3.63) is 23.3 Å². The van der Waals surface area contributed by atoms with Crippen molar-refractivity contribution in [3.8, 4) is 11.8 Å². The van der Waals surface area contributed by atoms with Gasteiger partial charge in [-0.05, 0) is 51.5 Å². The number of esters is 2. The van der Waals surface area contributed by atoms with E-state index >= 15 is 0 Å². The molecule has 3 aliphatic rings. The lowest BCUT2D eigenvalue weighted by molar-refractivity contribution is -0.164. The Morgan fingerprint density at radius 2 is 1.71 bits per heavy atom. The van der Waals surface area contributed by atoms with Crippen LogP contribution in [0, 0.1) is 22.7 Å². The molecule has 4 N–H and O–H groups in total. The van der Waals surface area contributed by atoms with Gasteiger partial charge in [-0.1, -0.05) is 48.9 Å². The maximum atomic E-state index is 13.3. The second-order valence-electron chi connectivity index (χ2n) is 13.2. The molecule has 7 unspecified atom stereocenters. The van der Waals surface area contributed by atoms with Gasteiger partial charge in [0.15, 0.2) is 0 Å². The Kier molecular flexibility index (Phi) is 11.2. The molecule has 2 aliphatic heterocycles. The number of rotatable bonds is 18. The van der Waals surface area contributed by atoms with E-state index in [0.29, 0.717) is 24.0 Å². The van der Waals surface area contributed by atoms with Crippen LogP contribution in [0.2, 0.25) is 0 Å². The Balaban J connectivity index is 1.27. The number of alkyl halides is 1. The molecule has 2 bridgehead atoms. The SMILES string of the molecule is CNC1CC1COP(=O)(O)OCCOC(=O)C(CC(C)Br)CC(C)(C)C(C)(C)C(=O)OCCn1c(O)c2c(c1O)C1C=CC2O1. The maximum Gasteiger partial charge on any atom is 0.472 e. The Labute approximate surface area is 272 Å². The van der Waals surface area contributed by atoms with Crippen molar-refractivity contribution in [1.82, 2.24) is 9.88 Å². The Morgan fingerprint density at radius 3 is 2.27 bits per heavy atom. The smallest absolute Gasteiger partial charge is 0.472 e. The van der Waals surface area contributed by atoms with Gasteiger partial charge >= 0.3 is 19.8 Å². The first-order valence-corrected chi connectivity index (χ1v) is 17.6. The zero-order valence-electron chi connectivity index (χ0n) is 26.7. The molecule has 1 aromatic heterocycles. The van der Waals surface area contributed by atoms with Gasteiger partial charge in [-0.15, -0.1) is 0 Å². The average Bonchev–Trinajstić information content (AvgIpc) is 3.27. The van der Waals surface area contributed by atoms with Crippen LogP contribution in [0.4, 0.5) is 0 Å². The van der Waals surface area contributed by atoms with E-state index in [-0.39, 0.29) is 61.5 Å². The van der Waals surface area contributed by atoms with E-state index in [1.54, 1.807) is 13.8 Å². The zero-order valence-corrected chi connectivity index (χ0v) is 29.1. The average molecular weight is 722 g/mol. The van der Waals surface area contributed by atoms with Crippen LogP contribution in [-0.2, 0) is 44.0 Å². The summed E-state index contributed by atoms with van der Waals surface area (Å²) in [5, 5.41) is 24.4. The van der Waals surface area contributed by atoms with Gasteiger partial charge in [-0.2, -0.15) is 0 Å².